The van der Waals surface area contributed by atoms with Crippen LogP contribution in [0.2, 0.25) is 0 Å². The Bertz CT molecular complexity index is 854. The molecule has 0 aliphatic heterocycles. The molecule has 0 spiro atoms. The van der Waals surface area contributed by atoms with Crippen molar-refractivity contribution >= 4 is 11.9 Å². The molecular weight excluding hydrogens is 385 g/mol. The number of nitrogens with one attached hydrogen (secondary N) is 2. The highest BCUT2D eigenvalue weighted by Gasteiger charge is 2.30. The highest BCUT2D eigenvalue weighted by atomic mass is 19.4. The van der Waals surface area contributed by atoms with Crippen LogP contribution in [0.4, 0.5) is 13.2 Å². The maximum atomic E-state index is 12.8. The van der Waals surface area contributed by atoms with Crippen molar-refractivity contribution in [2.24, 2.45) is 10.7 Å². The lowest BCUT2D eigenvalue weighted by Gasteiger charge is -2.13. The summed E-state index contributed by atoms with van der Waals surface area (Å²) in [6, 6.07) is 12.2. The zero-order chi connectivity index (χ0) is 21.3. The third kappa shape index (κ3) is 7.73. The molecule has 0 atom stereocenters. The summed E-state index contributed by atoms with van der Waals surface area (Å²) in [6.07, 6.45) is -4.38. The normalized spacial score (nSPS) is 11.8. The second-order valence-electron chi connectivity index (χ2n) is 6.15. The van der Waals surface area contributed by atoms with Crippen molar-refractivity contribution in [3.05, 3.63) is 65.2 Å². The van der Waals surface area contributed by atoms with Gasteiger partial charge >= 0.3 is 6.18 Å². The van der Waals surface area contributed by atoms with E-state index in [1.54, 1.807) is 24.3 Å². The van der Waals surface area contributed by atoms with Crippen molar-refractivity contribution in [2.45, 2.75) is 26.2 Å². The standard InChI is InChI=1S/C20H23F3N4O2/c1-2-25-19(26-11-14-5-3-7-16(9-14)20(21,22)23)27-12-15-6-4-8-17(10-15)29-13-18(24)28/h3-10H,2,11-13H2,1H3,(H2,24,28)(H2,25,26,27). The number of alkyl halides is 3. The number of guanidine groups is 1. The van der Waals surface area contributed by atoms with Gasteiger partial charge in [-0.15, -0.1) is 0 Å². The number of carbonyl (C=O) groups is 1. The number of hydrogen-bond donors (Lipinski definition) is 3. The van der Waals surface area contributed by atoms with Crippen LogP contribution in [0.25, 0.3) is 0 Å². The van der Waals surface area contributed by atoms with E-state index in [4.69, 9.17) is 10.5 Å². The van der Waals surface area contributed by atoms with Crippen LogP contribution < -0.4 is 21.1 Å². The summed E-state index contributed by atoms with van der Waals surface area (Å²) < 4.78 is 43.8. The average Bonchev–Trinajstić information content (AvgIpc) is 2.68. The number of amides is 1. The summed E-state index contributed by atoms with van der Waals surface area (Å²) in [6.45, 7) is 2.77. The molecule has 0 aliphatic rings. The largest absolute Gasteiger partial charge is 0.484 e. The van der Waals surface area contributed by atoms with Gasteiger partial charge in [0.15, 0.2) is 12.6 Å². The zero-order valence-corrected chi connectivity index (χ0v) is 15.9. The fraction of sp³-hybridized carbons (Fsp3) is 0.300. The minimum Gasteiger partial charge on any atom is -0.484 e. The van der Waals surface area contributed by atoms with Gasteiger partial charge in [-0.2, -0.15) is 13.2 Å². The van der Waals surface area contributed by atoms with E-state index in [0.717, 1.165) is 17.7 Å². The van der Waals surface area contributed by atoms with Gasteiger partial charge < -0.3 is 21.1 Å². The van der Waals surface area contributed by atoms with E-state index in [9.17, 15) is 18.0 Å². The molecule has 0 bridgehead atoms. The summed E-state index contributed by atoms with van der Waals surface area (Å²) in [5, 5.41) is 6.16. The van der Waals surface area contributed by atoms with Gasteiger partial charge in [-0.1, -0.05) is 24.3 Å². The fourth-order valence-corrected chi connectivity index (χ4v) is 2.44. The number of nitrogens with zero attached hydrogens (tertiary/aromatic N) is 1. The molecule has 0 fully saturated rings. The van der Waals surface area contributed by atoms with Crippen LogP contribution in [0.5, 0.6) is 5.75 Å². The van der Waals surface area contributed by atoms with E-state index in [-0.39, 0.29) is 13.2 Å². The summed E-state index contributed by atoms with van der Waals surface area (Å²) in [4.78, 5) is 15.1. The van der Waals surface area contributed by atoms with Crippen LogP contribution in [-0.4, -0.2) is 25.0 Å². The van der Waals surface area contributed by atoms with Gasteiger partial charge in [-0.3, -0.25) is 4.79 Å². The molecule has 2 aromatic carbocycles. The van der Waals surface area contributed by atoms with Crippen LogP contribution in [0.15, 0.2) is 53.5 Å². The van der Waals surface area contributed by atoms with Gasteiger partial charge in [0.05, 0.1) is 12.1 Å². The van der Waals surface area contributed by atoms with Crippen LogP contribution in [0.3, 0.4) is 0 Å². The molecule has 2 rings (SSSR count). The molecular formula is C20H23F3N4O2. The third-order valence-electron chi connectivity index (χ3n) is 3.76. The molecule has 0 aromatic heterocycles. The Morgan fingerprint density at radius 3 is 2.52 bits per heavy atom. The van der Waals surface area contributed by atoms with Gasteiger partial charge in [0.25, 0.3) is 5.91 Å². The first-order chi connectivity index (χ1) is 13.8. The Labute approximate surface area is 167 Å². The Hall–Kier alpha value is -3.23. The minimum atomic E-state index is -4.38. The number of rotatable bonds is 8. The molecule has 6 nitrogen and oxygen atoms in total. The first-order valence-electron chi connectivity index (χ1n) is 8.96. The van der Waals surface area contributed by atoms with E-state index in [1.807, 2.05) is 13.0 Å². The van der Waals surface area contributed by atoms with E-state index < -0.39 is 17.6 Å². The maximum absolute atomic E-state index is 12.8. The van der Waals surface area contributed by atoms with Crippen LogP contribution in [0, 0.1) is 0 Å². The summed E-state index contributed by atoms with van der Waals surface area (Å²) in [5.74, 6) is 0.409. The van der Waals surface area contributed by atoms with Crippen LogP contribution in [0.1, 0.15) is 23.6 Å². The molecule has 0 unspecified atom stereocenters. The van der Waals surface area contributed by atoms with Crippen molar-refractivity contribution in [3.8, 4) is 5.75 Å². The number of hydrogen-bond acceptors (Lipinski definition) is 3. The van der Waals surface area contributed by atoms with E-state index >= 15 is 0 Å². The Balaban J connectivity index is 2.01. The van der Waals surface area contributed by atoms with Crippen molar-refractivity contribution in [3.63, 3.8) is 0 Å². The van der Waals surface area contributed by atoms with Gasteiger partial charge in [0.1, 0.15) is 5.75 Å². The number of aliphatic imine (C=N–C) groups is 1. The van der Waals surface area contributed by atoms with Gasteiger partial charge in [0.2, 0.25) is 0 Å². The first kappa shape index (κ1) is 22.1. The SMILES string of the molecule is CCNC(=NCc1cccc(C(F)(F)F)c1)NCc1cccc(OCC(N)=O)c1. The Morgan fingerprint density at radius 1 is 1.10 bits per heavy atom. The number of primary amides is 1. The highest BCUT2D eigenvalue weighted by molar-refractivity contribution is 5.79. The molecule has 1 amide bonds. The van der Waals surface area contributed by atoms with Crippen molar-refractivity contribution < 1.29 is 22.7 Å². The average molecular weight is 408 g/mol. The molecule has 0 radical (unpaired) electrons. The summed E-state index contributed by atoms with van der Waals surface area (Å²) in [5.41, 5.74) is 5.69. The number of ether oxygens (including phenoxy) is 1. The lowest BCUT2D eigenvalue weighted by Crippen LogP contribution is -2.36. The number of carbonyl (C=O) groups excluding carboxylic acids is 1. The molecule has 0 saturated heterocycles. The monoisotopic (exact) mass is 408 g/mol. The summed E-state index contributed by atoms with van der Waals surface area (Å²) >= 11 is 0. The molecule has 4 N–H and O–H groups in total. The molecule has 29 heavy (non-hydrogen) atoms. The molecule has 9 heteroatoms. The van der Waals surface area contributed by atoms with Crippen LogP contribution >= 0.6 is 0 Å². The van der Waals surface area contributed by atoms with Crippen molar-refractivity contribution in [2.75, 3.05) is 13.2 Å². The van der Waals surface area contributed by atoms with E-state index in [0.29, 0.717) is 30.4 Å². The zero-order valence-electron chi connectivity index (χ0n) is 15.9. The smallest absolute Gasteiger partial charge is 0.416 e. The van der Waals surface area contributed by atoms with Gasteiger partial charge in [0, 0.05) is 13.1 Å². The van der Waals surface area contributed by atoms with E-state index in [2.05, 4.69) is 15.6 Å². The molecule has 156 valence electrons. The third-order valence-corrected chi connectivity index (χ3v) is 3.76. The predicted octanol–water partition coefficient (Wildman–Crippen LogP) is 2.82. The first-order valence-corrected chi connectivity index (χ1v) is 8.96. The summed E-state index contributed by atoms with van der Waals surface area (Å²) in [7, 11) is 0. The quantitative estimate of drug-likeness (QED) is 0.463. The number of nitrogens with two attached hydrogens (primary N) is 1. The Kier molecular flexibility index (Phi) is 7.88. The second-order valence-corrected chi connectivity index (χ2v) is 6.15. The van der Waals surface area contributed by atoms with Gasteiger partial charge in [-0.25, -0.2) is 4.99 Å². The molecule has 0 heterocycles. The molecule has 2 aromatic rings. The van der Waals surface area contributed by atoms with Crippen molar-refractivity contribution in [1.29, 1.82) is 0 Å². The Morgan fingerprint density at radius 2 is 1.83 bits per heavy atom. The van der Waals surface area contributed by atoms with Crippen molar-refractivity contribution in [1.82, 2.24) is 10.6 Å². The maximum Gasteiger partial charge on any atom is 0.416 e. The minimum absolute atomic E-state index is 0.0982. The lowest BCUT2D eigenvalue weighted by atomic mass is 10.1. The van der Waals surface area contributed by atoms with E-state index in [1.165, 1.54) is 6.07 Å². The number of benzene rings is 2. The fourth-order valence-electron chi connectivity index (χ4n) is 2.44. The highest BCUT2D eigenvalue weighted by Crippen LogP contribution is 2.29. The molecule has 0 aliphatic carbocycles. The van der Waals surface area contributed by atoms with Gasteiger partial charge in [-0.05, 0) is 42.3 Å². The second kappa shape index (κ2) is 10.4. The topological polar surface area (TPSA) is 88.7 Å². The predicted molar refractivity (Wildman–Crippen MR) is 104 cm³/mol. The number of halogens is 3. The molecule has 0 saturated carbocycles. The lowest BCUT2D eigenvalue weighted by molar-refractivity contribution is -0.137. The van der Waals surface area contributed by atoms with Crippen LogP contribution in [-0.2, 0) is 24.1 Å².